The Hall–Kier alpha value is -3.51. The Bertz CT molecular complexity index is 1210. The molecular formula is C28H27N3O2S. The summed E-state index contributed by atoms with van der Waals surface area (Å²) >= 11 is 1.47. The first-order valence-electron chi connectivity index (χ1n) is 11.5. The van der Waals surface area contributed by atoms with Crippen LogP contribution in [0.5, 0.6) is 5.75 Å². The number of rotatable bonds is 5. The minimum Gasteiger partial charge on any atom is -0.489 e. The van der Waals surface area contributed by atoms with Gasteiger partial charge in [-0.15, -0.1) is 0 Å². The Labute approximate surface area is 204 Å². The Morgan fingerprint density at radius 2 is 1.65 bits per heavy atom. The summed E-state index contributed by atoms with van der Waals surface area (Å²) in [5, 5.41) is 0.808. The Balaban J connectivity index is 1.16. The number of piperazine rings is 1. The average Bonchev–Trinajstić information content (AvgIpc) is 3.24. The first kappa shape index (κ1) is 22.3. The second-order valence-corrected chi connectivity index (χ2v) is 9.48. The molecule has 0 spiro atoms. The van der Waals surface area contributed by atoms with Gasteiger partial charge in [-0.05, 0) is 65.7 Å². The van der Waals surface area contributed by atoms with Gasteiger partial charge in [0.25, 0.3) is 5.91 Å². The van der Waals surface area contributed by atoms with Gasteiger partial charge in [0, 0.05) is 31.9 Å². The molecule has 0 radical (unpaired) electrons. The number of amides is 1. The van der Waals surface area contributed by atoms with Gasteiger partial charge in [0.1, 0.15) is 12.4 Å². The molecule has 1 saturated heterocycles. The fourth-order valence-corrected chi connectivity index (χ4v) is 5.03. The minimum absolute atomic E-state index is 0.162. The Kier molecular flexibility index (Phi) is 6.67. The molecule has 2 aliphatic heterocycles. The number of aliphatic imine (C=N–C) groups is 1. The van der Waals surface area contributed by atoms with Gasteiger partial charge in [0.2, 0.25) is 0 Å². The SMILES string of the molecule is Cc1cccc(N2CCN(C3=NC(=O)C(=Cc4ccc(OCc5ccccc5)cc4)S3)CC2)c1. The molecule has 0 aliphatic carbocycles. The van der Waals surface area contributed by atoms with E-state index in [4.69, 9.17) is 4.74 Å². The van der Waals surface area contributed by atoms with E-state index in [1.54, 1.807) is 0 Å². The second kappa shape index (κ2) is 10.2. The van der Waals surface area contributed by atoms with Gasteiger partial charge in [-0.1, -0.05) is 54.6 Å². The summed E-state index contributed by atoms with van der Waals surface area (Å²) in [5.41, 5.74) is 4.62. The molecule has 1 amide bonds. The molecule has 0 aromatic heterocycles. The van der Waals surface area contributed by atoms with E-state index in [2.05, 4.69) is 46.0 Å². The van der Waals surface area contributed by atoms with Crippen LogP contribution in [0.25, 0.3) is 6.08 Å². The predicted octanol–water partition coefficient (Wildman–Crippen LogP) is 5.37. The lowest BCUT2D eigenvalue weighted by molar-refractivity contribution is -0.113. The number of ether oxygens (including phenoxy) is 1. The van der Waals surface area contributed by atoms with Crippen molar-refractivity contribution in [2.24, 2.45) is 4.99 Å². The third kappa shape index (κ3) is 5.34. The van der Waals surface area contributed by atoms with Crippen LogP contribution in [0.15, 0.2) is 88.8 Å². The molecule has 0 atom stereocenters. The van der Waals surface area contributed by atoms with Crippen molar-refractivity contribution in [1.82, 2.24) is 4.90 Å². The van der Waals surface area contributed by atoms with Gasteiger partial charge in [-0.25, -0.2) is 0 Å². The summed E-state index contributed by atoms with van der Waals surface area (Å²) in [5.74, 6) is 0.644. The van der Waals surface area contributed by atoms with Gasteiger partial charge in [-0.3, -0.25) is 4.79 Å². The molecule has 0 unspecified atom stereocenters. The monoisotopic (exact) mass is 469 g/mol. The molecule has 5 rings (SSSR count). The molecule has 5 nitrogen and oxygen atoms in total. The number of anilines is 1. The highest BCUT2D eigenvalue weighted by atomic mass is 32.2. The van der Waals surface area contributed by atoms with E-state index in [0.717, 1.165) is 48.2 Å². The highest BCUT2D eigenvalue weighted by Crippen LogP contribution is 2.31. The van der Waals surface area contributed by atoms with E-state index in [0.29, 0.717) is 11.5 Å². The zero-order valence-electron chi connectivity index (χ0n) is 19.2. The van der Waals surface area contributed by atoms with Crippen molar-refractivity contribution in [3.05, 3.63) is 100 Å². The molecule has 0 bridgehead atoms. The topological polar surface area (TPSA) is 45.1 Å². The van der Waals surface area contributed by atoms with E-state index in [1.165, 1.54) is 23.0 Å². The maximum Gasteiger partial charge on any atom is 0.286 e. The number of thioether (sulfide) groups is 1. The summed E-state index contributed by atoms with van der Waals surface area (Å²) in [4.78, 5) is 22.2. The van der Waals surface area contributed by atoms with E-state index in [9.17, 15) is 4.79 Å². The molecule has 3 aromatic carbocycles. The van der Waals surface area contributed by atoms with Gasteiger partial charge in [-0.2, -0.15) is 4.99 Å². The smallest absolute Gasteiger partial charge is 0.286 e. The molecule has 0 saturated carbocycles. The lowest BCUT2D eigenvalue weighted by Crippen LogP contribution is -2.47. The summed E-state index contributed by atoms with van der Waals surface area (Å²) < 4.78 is 5.86. The van der Waals surface area contributed by atoms with E-state index >= 15 is 0 Å². The Morgan fingerprint density at radius 1 is 0.912 bits per heavy atom. The van der Waals surface area contributed by atoms with Crippen LogP contribution < -0.4 is 9.64 Å². The van der Waals surface area contributed by atoms with Crippen molar-refractivity contribution in [3.63, 3.8) is 0 Å². The average molecular weight is 470 g/mol. The minimum atomic E-state index is -0.162. The number of aryl methyl sites for hydroxylation is 1. The van der Waals surface area contributed by atoms with Crippen molar-refractivity contribution in [2.45, 2.75) is 13.5 Å². The Morgan fingerprint density at radius 3 is 2.38 bits per heavy atom. The van der Waals surface area contributed by atoms with Gasteiger partial charge >= 0.3 is 0 Å². The number of nitrogens with zero attached hydrogens (tertiary/aromatic N) is 3. The number of carbonyl (C=O) groups excluding carboxylic acids is 1. The quantitative estimate of drug-likeness (QED) is 0.471. The van der Waals surface area contributed by atoms with Crippen LogP contribution in [0, 0.1) is 6.92 Å². The van der Waals surface area contributed by atoms with E-state index in [1.807, 2.05) is 60.7 Å². The van der Waals surface area contributed by atoms with Crippen molar-refractivity contribution >= 4 is 34.6 Å². The van der Waals surface area contributed by atoms with Gasteiger partial charge in [0.15, 0.2) is 5.17 Å². The van der Waals surface area contributed by atoms with Crippen LogP contribution in [-0.4, -0.2) is 42.2 Å². The molecule has 34 heavy (non-hydrogen) atoms. The molecule has 2 aliphatic rings. The molecule has 172 valence electrons. The van der Waals surface area contributed by atoms with Crippen LogP contribution in [-0.2, 0) is 11.4 Å². The molecule has 0 N–H and O–H groups in total. The number of benzene rings is 3. The van der Waals surface area contributed by atoms with Crippen molar-refractivity contribution in [1.29, 1.82) is 0 Å². The van der Waals surface area contributed by atoms with E-state index in [-0.39, 0.29) is 5.91 Å². The zero-order valence-corrected chi connectivity index (χ0v) is 20.0. The second-order valence-electron chi connectivity index (χ2n) is 8.47. The molecule has 3 aromatic rings. The summed E-state index contributed by atoms with van der Waals surface area (Å²) in [7, 11) is 0. The van der Waals surface area contributed by atoms with Crippen molar-refractivity contribution in [3.8, 4) is 5.75 Å². The zero-order chi connectivity index (χ0) is 23.3. The largest absolute Gasteiger partial charge is 0.489 e. The first-order valence-corrected chi connectivity index (χ1v) is 12.3. The van der Waals surface area contributed by atoms with Crippen molar-refractivity contribution < 1.29 is 9.53 Å². The maximum atomic E-state index is 12.5. The van der Waals surface area contributed by atoms with Crippen LogP contribution in [0.3, 0.4) is 0 Å². The molecule has 2 heterocycles. The lowest BCUT2D eigenvalue weighted by atomic mass is 10.2. The predicted molar refractivity (Wildman–Crippen MR) is 140 cm³/mol. The fraction of sp³-hybridized carbons (Fsp3) is 0.214. The normalized spacial score (nSPS) is 17.3. The number of amidine groups is 1. The number of carbonyl (C=O) groups is 1. The van der Waals surface area contributed by atoms with Crippen LogP contribution in [0.4, 0.5) is 5.69 Å². The molecule has 1 fully saturated rings. The standard InChI is InChI=1S/C28H27N3O2S/c1-21-6-5-9-24(18-21)30-14-16-31(17-15-30)28-29-27(32)26(34-28)19-22-10-12-25(13-11-22)33-20-23-7-3-2-4-8-23/h2-13,18-19H,14-17,20H2,1H3. The van der Waals surface area contributed by atoms with Crippen molar-refractivity contribution in [2.75, 3.05) is 31.1 Å². The number of hydrogen-bond donors (Lipinski definition) is 0. The summed E-state index contributed by atoms with van der Waals surface area (Å²) in [6, 6.07) is 26.5. The van der Waals surface area contributed by atoms with Crippen LogP contribution in [0.1, 0.15) is 16.7 Å². The summed E-state index contributed by atoms with van der Waals surface area (Å²) in [6.07, 6.45) is 1.91. The first-order chi connectivity index (χ1) is 16.6. The summed E-state index contributed by atoms with van der Waals surface area (Å²) in [6.45, 7) is 6.20. The van der Waals surface area contributed by atoms with Crippen LogP contribution >= 0.6 is 11.8 Å². The van der Waals surface area contributed by atoms with Gasteiger partial charge in [0.05, 0.1) is 4.91 Å². The number of hydrogen-bond acceptors (Lipinski definition) is 5. The molecule has 6 heteroatoms. The fourth-order valence-electron chi connectivity index (χ4n) is 4.07. The van der Waals surface area contributed by atoms with Crippen LogP contribution in [0.2, 0.25) is 0 Å². The third-order valence-corrected chi connectivity index (χ3v) is 7.00. The maximum absolute atomic E-state index is 12.5. The molecular weight excluding hydrogens is 442 g/mol. The highest BCUT2D eigenvalue weighted by Gasteiger charge is 2.28. The third-order valence-electron chi connectivity index (χ3n) is 5.95. The van der Waals surface area contributed by atoms with Gasteiger partial charge < -0.3 is 14.5 Å². The van der Waals surface area contributed by atoms with E-state index < -0.39 is 0 Å². The lowest BCUT2D eigenvalue weighted by Gasteiger charge is -2.36. The highest BCUT2D eigenvalue weighted by molar-refractivity contribution is 8.18.